The summed E-state index contributed by atoms with van der Waals surface area (Å²) >= 11 is 6.19. The molecule has 1 spiro atoms. The highest BCUT2D eigenvalue weighted by Crippen LogP contribution is 2.56. The zero-order valence-corrected chi connectivity index (χ0v) is 14.1. The van der Waals surface area contributed by atoms with E-state index in [9.17, 15) is 10.1 Å². The first kappa shape index (κ1) is 15.4. The smallest absolute Gasteiger partial charge is 0.258 e. The molecule has 3 nitrogen and oxygen atoms in total. The molecular formula is C20H18ClNO2. The molecule has 0 aliphatic heterocycles. The summed E-state index contributed by atoms with van der Waals surface area (Å²) in [6.45, 7) is 0. The van der Waals surface area contributed by atoms with E-state index in [1.807, 2.05) is 6.07 Å². The van der Waals surface area contributed by atoms with Gasteiger partial charge in [-0.3, -0.25) is 10.1 Å². The highest BCUT2D eigenvalue weighted by molar-refractivity contribution is 6.31. The minimum absolute atomic E-state index is 0.107. The number of hydrogen-bond acceptors (Lipinski definition) is 2. The summed E-state index contributed by atoms with van der Waals surface area (Å²) in [6, 6.07) is 13.3. The monoisotopic (exact) mass is 339 g/mol. The Hall–Kier alpha value is -2.13. The molecule has 24 heavy (non-hydrogen) atoms. The average Bonchev–Trinajstić information content (AvgIpc) is 2.89. The molecule has 1 saturated carbocycles. The maximum atomic E-state index is 11.6. The summed E-state index contributed by atoms with van der Waals surface area (Å²) in [5.74, 6) is 0. The van der Waals surface area contributed by atoms with Crippen molar-refractivity contribution >= 4 is 28.9 Å². The van der Waals surface area contributed by atoms with E-state index >= 15 is 0 Å². The van der Waals surface area contributed by atoms with Gasteiger partial charge in [0.05, 0.1) is 10.5 Å². The third kappa shape index (κ3) is 2.27. The molecule has 0 N–H and O–H groups in total. The predicted molar refractivity (Wildman–Crippen MR) is 97.2 cm³/mol. The number of nitro benzene ring substituents is 1. The third-order valence-electron chi connectivity index (χ3n) is 5.44. The number of allylic oxidation sites excluding steroid dienone is 1. The lowest BCUT2D eigenvalue weighted by molar-refractivity contribution is -0.385. The highest BCUT2D eigenvalue weighted by atomic mass is 35.5. The number of halogens is 1. The van der Waals surface area contributed by atoms with Gasteiger partial charge in [0.1, 0.15) is 0 Å². The molecule has 2 aromatic carbocycles. The molecule has 2 aliphatic carbocycles. The van der Waals surface area contributed by atoms with Crippen molar-refractivity contribution < 1.29 is 4.92 Å². The molecule has 0 radical (unpaired) electrons. The summed E-state index contributed by atoms with van der Waals surface area (Å²) in [5.41, 5.74) is 4.27. The van der Waals surface area contributed by atoms with Crippen molar-refractivity contribution in [1.82, 2.24) is 0 Å². The van der Waals surface area contributed by atoms with Crippen LogP contribution in [0.4, 0.5) is 5.69 Å². The van der Waals surface area contributed by atoms with E-state index in [1.54, 1.807) is 12.1 Å². The normalized spacial score (nSPS) is 18.3. The maximum Gasteiger partial charge on any atom is 0.276 e. The van der Waals surface area contributed by atoms with Gasteiger partial charge < -0.3 is 0 Å². The molecule has 1 fully saturated rings. The SMILES string of the molecule is O=[N+]([O-])c1ccc(Cl)cc1C1=Cc2ccccc2C12CCCCC2. The minimum Gasteiger partial charge on any atom is -0.258 e. The molecule has 0 atom stereocenters. The lowest BCUT2D eigenvalue weighted by Crippen LogP contribution is -2.28. The molecule has 4 heteroatoms. The van der Waals surface area contributed by atoms with Gasteiger partial charge in [-0.2, -0.15) is 0 Å². The van der Waals surface area contributed by atoms with Crippen LogP contribution in [-0.2, 0) is 5.41 Å². The van der Waals surface area contributed by atoms with E-state index in [0.29, 0.717) is 10.6 Å². The standard InChI is InChI=1S/C20H18ClNO2/c21-15-8-9-19(22(23)24)16(13-15)18-12-14-6-2-3-7-17(14)20(18)10-4-1-5-11-20/h2-3,6-9,12-13H,1,4-5,10-11H2. The predicted octanol–water partition coefficient (Wildman–Crippen LogP) is 6.00. The van der Waals surface area contributed by atoms with Gasteiger partial charge in [0.2, 0.25) is 0 Å². The van der Waals surface area contributed by atoms with Crippen LogP contribution in [0.1, 0.15) is 48.8 Å². The zero-order chi connectivity index (χ0) is 16.7. The van der Waals surface area contributed by atoms with Gasteiger partial charge in [-0.05, 0) is 47.8 Å². The van der Waals surface area contributed by atoms with Crippen LogP contribution >= 0.6 is 11.6 Å². The quantitative estimate of drug-likeness (QED) is 0.497. The topological polar surface area (TPSA) is 43.1 Å². The third-order valence-corrected chi connectivity index (χ3v) is 5.68. The highest BCUT2D eigenvalue weighted by Gasteiger charge is 2.44. The second-order valence-electron chi connectivity index (χ2n) is 6.71. The van der Waals surface area contributed by atoms with Crippen LogP contribution in [0.25, 0.3) is 11.6 Å². The van der Waals surface area contributed by atoms with Gasteiger partial charge in [-0.25, -0.2) is 0 Å². The number of hydrogen-bond donors (Lipinski definition) is 0. The molecular weight excluding hydrogens is 322 g/mol. The van der Waals surface area contributed by atoms with Crippen molar-refractivity contribution in [1.29, 1.82) is 0 Å². The lowest BCUT2D eigenvalue weighted by Gasteiger charge is -2.37. The number of nitro groups is 1. The first-order valence-electron chi connectivity index (χ1n) is 8.38. The molecule has 122 valence electrons. The minimum atomic E-state index is -0.300. The number of rotatable bonds is 2. The molecule has 0 aromatic heterocycles. The van der Waals surface area contributed by atoms with E-state index in [0.717, 1.165) is 31.3 Å². The molecule has 0 unspecified atom stereocenters. The summed E-state index contributed by atoms with van der Waals surface area (Å²) in [6.07, 6.45) is 7.76. The van der Waals surface area contributed by atoms with Crippen molar-refractivity contribution in [3.8, 4) is 0 Å². The van der Waals surface area contributed by atoms with Crippen LogP contribution in [0.3, 0.4) is 0 Å². The Kier molecular flexibility index (Phi) is 3.69. The second kappa shape index (κ2) is 5.75. The van der Waals surface area contributed by atoms with Gasteiger partial charge in [0.15, 0.2) is 0 Å². The summed E-state index contributed by atoms with van der Waals surface area (Å²) in [7, 11) is 0. The van der Waals surface area contributed by atoms with Gasteiger partial charge in [-0.15, -0.1) is 0 Å². The first-order chi connectivity index (χ1) is 11.6. The van der Waals surface area contributed by atoms with E-state index in [-0.39, 0.29) is 16.0 Å². The Morgan fingerprint density at radius 3 is 2.54 bits per heavy atom. The first-order valence-corrected chi connectivity index (χ1v) is 8.76. The van der Waals surface area contributed by atoms with Crippen molar-refractivity contribution in [3.05, 3.63) is 74.3 Å². The Morgan fingerprint density at radius 2 is 1.79 bits per heavy atom. The van der Waals surface area contributed by atoms with Crippen molar-refractivity contribution in [2.24, 2.45) is 0 Å². The van der Waals surface area contributed by atoms with Crippen LogP contribution in [0.2, 0.25) is 5.02 Å². The number of benzene rings is 2. The molecule has 0 amide bonds. The summed E-state index contributed by atoms with van der Waals surface area (Å²) in [4.78, 5) is 11.3. The van der Waals surface area contributed by atoms with E-state index in [4.69, 9.17) is 11.6 Å². The van der Waals surface area contributed by atoms with Gasteiger partial charge >= 0.3 is 0 Å². The largest absolute Gasteiger partial charge is 0.276 e. The van der Waals surface area contributed by atoms with Gasteiger partial charge in [0, 0.05) is 16.5 Å². The van der Waals surface area contributed by atoms with E-state index in [1.165, 1.54) is 23.6 Å². The van der Waals surface area contributed by atoms with Crippen LogP contribution < -0.4 is 0 Å². The van der Waals surface area contributed by atoms with Crippen molar-refractivity contribution in [3.63, 3.8) is 0 Å². The van der Waals surface area contributed by atoms with Crippen molar-refractivity contribution in [2.75, 3.05) is 0 Å². The van der Waals surface area contributed by atoms with Crippen LogP contribution in [0.15, 0.2) is 42.5 Å². The molecule has 0 saturated heterocycles. The number of nitrogens with zero attached hydrogens (tertiary/aromatic N) is 1. The molecule has 0 heterocycles. The Labute approximate surface area is 146 Å². The summed E-state index contributed by atoms with van der Waals surface area (Å²) in [5, 5.41) is 12.1. The van der Waals surface area contributed by atoms with Crippen LogP contribution in [-0.4, -0.2) is 4.92 Å². The molecule has 2 aromatic rings. The molecule has 0 bridgehead atoms. The summed E-state index contributed by atoms with van der Waals surface area (Å²) < 4.78 is 0. The lowest BCUT2D eigenvalue weighted by atomic mass is 9.65. The second-order valence-corrected chi connectivity index (χ2v) is 7.14. The maximum absolute atomic E-state index is 11.6. The zero-order valence-electron chi connectivity index (χ0n) is 13.3. The Morgan fingerprint density at radius 1 is 1.04 bits per heavy atom. The van der Waals surface area contributed by atoms with Gasteiger partial charge in [-0.1, -0.05) is 55.1 Å². The fourth-order valence-electron chi connectivity index (χ4n) is 4.41. The Bertz CT molecular complexity index is 850. The number of fused-ring (bicyclic) bond motifs is 2. The van der Waals surface area contributed by atoms with Gasteiger partial charge in [0.25, 0.3) is 5.69 Å². The fourth-order valence-corrected chi connectivity index (χ4v) is 4.58. The molecule has 2 aliphatic rings. The Balaban J connectivity index is 1.95. The fraction of sp³-hybridized carbons (Fsp3) is 0.300. The van der Waals surface area contributed by atoms with Crippen LogP contribution in [0.5, 0.6) is 0 Å². The van der Waals surface area contributed by atoms with Crippen LogP contribution in [0, 0.1) is 10.1 Å². The molecule has 4 rings (SSSR count). The van der Waals surface area contributed by atoms with E-state index in [2.05, 4.69) is 24.3 Å². The van der Waals surface area contributed by atoms with E-state index < -0.39 is 0 Å². The average molecular weight is 340 g/mol. The van der Waals surface area contributed by atoms with Crippen molar-refractivity contribution in [2.45, 2.75) is 37.5 Å².